The number of para-hydroxylation sites is 1. The maximum Gasteiger partial charge on any atom is 0.220 e. The molecule has 1 aliphatic heterocycles. The molecule has 1 N–H and O–H groups in total. The lowest BCUT2D eigenvalue weighted by Crippen LogP contribution is -2.16. The molecule has 0 bridgehead atoms. The summed E-state index contributed by atoms with van der Waals surface area (Å²) in [5.41, 5.74) is 0.688. The summed E-state index contributed by atoms with van der Waals surface area (Å²) in [6, 6.07) is 7.36. The normalized spacial score (nSPS) is 21.4. The van der Waals surface area contributed by atoms with Crippen LogP contribution in [0.4, 0.5) is 0 Å². The molecule has 2 rings (SSSR count). The molecule has 1 aliphatic rings. The van der Waals surface area contributed by atoms with Gasteiger partial charge in [-0.25, -0.2) is 4.99 Å². The smallest absolute Gasteiger partial charge is 0.220 e. The van der Waals surface area contributed by atoms with Gasteiger partial charge in [-0.05, 0) is 18.1 Å². The molecule has 0 aromatic heterocycles. The van der Waals surface area contributed by atoms with Gasteiger partial charge in [0.15, 0.2) is 0 Å². The van der Waals surface area contributed by atoms with Gasteiger partial charge < -0.3 is 9.84 Å². The van der Waals surface area contributed by atoms with Crippen molar-refractivity contribution >= 4 is 5.90 Å². The molecule has 0 aliphatic carbocycles. The molecule has 0 fully saturated rings. The van der Waals surface area contributed by atoms with E-state index in [1.807, 2.05) is 12.1 Å². The second kappa shape index (κ2) is 4.56. The molecule has 1 heterocycles. The highest BCUT2D eigenvalue weighted by Gasteiger charge is 2.25. The highest BCUT2D eigenvalue weighted by molar-refractivity contribution is 5.97. The topological polar surface area (TPSA) is 41.8 Å². The van der Waals surface area contributed by atoms with E-state index in [9.17, 15) is 5.11 Å². The van der Waals surface area contributed by atoms with Crippen molar-refractivity contribution in [3.8, 4) is 5.75 Å². The van der Waals surface area contributed by atoms with Gasteiger partial charge >= 0.3 is 0 Å². The first kappa shape index (κ1) is 11.0. The summed E-state index contributed by atoms with van der Waals surface area (Å²) in [6.07, 6.45) is 1.09. The van der Waals surface area contributed by atoms with Gasteiger partial charge in [-0.3, -0.25) is 0 Å². The number of aliphatic imine (C=N–C) groups is 1. The fraction of sp³-hybridized carbons (Fsp3) is 0.462. The third-order valence-electron chi connectivity index (χ3n) is 3.11. The van der Waals surface area contributed by atoms with E-state index >= 15 is 0 Å². The molecular formula is C13H17NO2. The van der Waals surface area contributed by atoms with Crippen molar-refractivity contribution in [3.63, 3.8) is 0 Å². The molecule has 0 saturated heterocycles. The molecule has 0 spiro atoms. The van der Waals surface area contributed by atoms with Crippen LogP contribution in [0, 0.1) is 5.92 Å². The van der Waals surface area contributed by atoms with Gasteiger partial charge in [-0.15, -0.1) is 0 Å². The maximum absolute atomic E-state index is 9.69. The Labute approximate surface area is 95.8 Å². The van der Waals surface area contributed by atoms with Crippen LogP contribution in [0.25, 0.3) is 0 Å². The van der Waals surface area contributed by atoms with E-state index in [0.29, 0.717) is 24.0 Å². The number of phenols is 1. The van der Waals surface area contributed by atoms with Crippen molar-refractivity contribution in [2.75, 3.05) is 6.61 Å². The molecule has 1 aromatic rings. The molecule has 16 heavy (non-hydrogen) atoms. The minimum Gasteiger partial charge on any atom is -0.507 e. The van der Waals surface area contributed by atoms with Crippen molar-refractivity contribution in [2.45, 2.75) is 26.3 Å². The second-order valence-electron chi connectivity index (χ2n) is 4.22. The van der Waals surface area contributed by atoms with Crippen molar-refractivity contribution < 1.29 is 9.84 Å². The van der Waals surface area contributed by atoms with Crippen LogP contribution in [0.2, 0.25) is 0 Å². The van der Waals surface area contributed by atoms with Gasteiger partial charge in [-0.1, -0.05) is 32.4 Å². The molecule has 0 amide bonds. The third-order valence-corrected chi connectivity index (χ3v) is 3.11. The van der Waals surface area contributed by atoms with Crippen LogP contribution >= 0.6 is 0 Å². The lowest BCUT2D eigenvalue weighted by molar-refractivity contribution is 0.282. The van der Waals surface area contributed by atoms with Crippen molar-refractivity contribution in [3.05, 3.63) is 29.8 Å². The first-order chi connectivity index (χ1) is 7.72. The minimum atomic E-state index is 0.222. The average Bonchev–Trinajstić information content (AvgIpc) is 2.78. The number of rotatable bonds is 3. The van der Waals surface area contributed by atoms with Crippen LogP contribution in [-0.4, -0.2) is 23.7 Å². The van der Waals surface area contributed by atoms with E-state index in [-0.39, 0.29) is 11.8 Å². The van der Waals surface area contributed by atoms with E-state index < -0.39 is 0 Å². The van der Waals surface area contributed by atoms with Crippen LogP contribution in [-0.2, 0) is 4.74 Å². The fourth-order valence-corrected chi connectivity index (χ4v) is 1.75. The predicted octanol–water partition coefficient (Wildman–Crippen LogP) is 2.58. The van der Waals surface area contributed by atoms with E-state index in [0.717, 1.165) is 6.42 Å². The van der Waals surface area contributed by atoms with Crippen molar-refractivity contribution in [1.82, 2.24) is 0 Å². The Morgan fingerprint density at radius 3 is 2.94 bits per heavy atom. The van der Waals surface area contributed by atoms with E-state index in [4.69, 9.17) is 4.74 Å². The highest BCUT2D eigenvalue weighted by Crippen LogP contribution is 2.24. The number of ether oxygens (including phenoxy) is 1. The Balaban J connectivity index is 2.21. The van der Waals surface area contributed by atoms with Gasteiger partial charge in [0.25, 0.3) is 0 Å². The van der Waals surface area contributed by atoms with Crippen molar-refractivity contribution in [1.29, 1.82) is 0 Å². The van der Waals surface area contributed by atoms with Crippen LogP contribution in [0.1, 0.15) is 25.8 Å². The summed E-state index contributed by atoms with van der Waals surface area (Å²) in [4.78, 5) is 4.52. The number of aromatic hydroxyl groups is 1. The molecular weight excluding hydrogens is 202 g/mol. The first-order valence-electron chi connectivity index (χ1n) is 5.71. The average molecular weight is 219 g/mol. The monoisotopic (exact) mass is 219 g/mol. The van der Waals surface area contributed by atoms with E-state index in [1.165, 1.54) is 0 Å². The SMILES string of the molecule is CC[C@H](C)C1COC(c2ccccc2O)=N1. The molecule has 86 valence electrons. The Bertz CT molecular complexity index is 401. The molecule has 0 saturated carbocycles. The zero-order chi connectivity index (χ0) is 11.5. The Hall–Kier alpha value is -1.51. The predicted molar refractivity (Wildman–Crippen MR) is 63.8 cm³/mol. The maximum atomic E-state index is 9.69. The summed E-state index contributed by atoms with van der Waals surface area (Å²) in [5.74, 6) is 1.32. The minimum absolute atomic E-state index is 0.222. The molecule has 1 aromatic carbocycles. The number of benzene rings is 1. The molecule has 1 unspecified atom stereocenters. The molecule has 2 atom stereocenters. The van der Waals surface area contributed by atoms with Crippen LogP contribution in [0.5, 0.6) is 5.75 Å². The highest BCUT2D eigenvalue weighted by atomic mass is 16.5. The van der Waals surface area contributed by atoms with Gasteiger partial charge in [0, 0.05) is 0 Å². The number of nitrogens with zero attached hydrogens (tertiary/aromatic N) is 1. The number of phenolic OH excluding ortho intramolecular Hbond substituents is 1. The standard InChI is InChI=1S/C13H17NO2/c1-3-9(2)11-8-16-13(14-11)10-6-4-5-7-12(10)15/h4-7,9,11,15H,3,8H2,1-2H3/t9-,11?/m0/s1. The summed E-state index contributed by atoms with van der Waals surface area (Å²) in [6.45, 7) is 4.95. The van der Waals surface area contributed by atoms with E-state index in [1.54, 1.807) is 12.1 Å². The molecule has 3 nitrogen and oxygen atoms in total. The Kier molecular flexibility index (Phi) is 3.13. The zero-order valence-electron chi connectivity index (χ0n) is 9.68. The number of hydrogen-bond donors (Lipinski definition) is 1. The van der Waals surface area contributed by atoms with Gasteiger partial charge in [0.05, 0.1) is 11.6 Å². The molecule has 0 radical (unpaired) electrons. The zero-order valence-corrected chi connectivity index (χ0v) is 9.68. The molecule has 3 heteroatoms. The van der Waals surface area contributed by atoms with Crippen LogP contribution in [0.15, 0.2) is 29.3 Å². The quantitative estimate of drug-likeness (QED) is 0.849. The van der Waals surface area contributed by atoms with Crippen LogP contribution < -0.4 is 0 Å². The summed E-state index contributed by atoms with van der Waals surface area (Å²) in [5, 5.41) is 9.69. The summed E-state index contributed by atoms with van der Waals surface area (Å²) >= 11 is 0. The number of hydrogen-bond acceptors (Lipinski definition) is 3. The lowest BCUT2D eigenvalue weighted by Gasteiger charge is -2.11. The summed E-state index contributed by atoms with van der Waals surface area (Å²) < 4.78 is 5.55. The third kappa shape index (κ3) is 2.03. The van der Waals surface area contributed by atoms with Gasteiger partial charge in [0.1, 0.15) is 12.4 Å². The largest absolute Gasteiger partial charge is 0.507 e. The van der Waals surface area contributed by atoms with Crippen LogP contribution in [0.3, 0.4) is 0 Å². The lowest BCUT2D eigenvalue weighted by atomic mass is 10.0. The van der Waals surface area contributed by atoms with Gasteiger partial charge in [0.2, 0.25) is 5.90 Å². The van der Waals surface area contributed by atoms with E-state index in [2.05, 4.69) is 18.8 Å². The fourth-order valence-electron chi connectivity index (χ4n) is 1.75. The summed E-state index contributed by atoms with van der Waals surface area (Å²) in [7, 11) is 0. The van der Waals surface area contributed by atoms with Crippen molar-refractivity contribution in [2.24, 2.45) is 10.9 Å². The Morgan fingerprint density at radius 1 is 1.50 bits per heavy atom. The first-order valence-corrected chi connectivity index (χ1v) is 5.71. The van der Waals surface area contributed by atoms with Gasteiger partial charge in [-0.2, -0.15) is 0 Å². The second-order valence-corrected chi connectivity index (χ2v) is 4.22. The Morgan fingerprint density at radius 2 is 2.25 bits per heavy atom.